The van der Waals surface area contributed by atoms with E-state index in [0.717, 1.165) is 18.2 Å². The molecule has 3 rings (SSSR count). The minimum atomic E-state index is -4.13. The molecule has 0 saturated carbocycles. The molecule has 128 valence electrons. The Bertz CT molecular complexity index is 979. The molecule has 8 heteroatoms. The maximum Gasteiger partial charge on any atom is 0.339 e. The van der Waals surface area contributed by atoms with Crippen LogP contribution in [0.5, 0.6) is 17.4 Å². The molecule has 0 saturated heterocycles. The first kappa shape index (κ1) is 17.2. The van der Waals surface area contributed by atoms with E-state index < -0.39 is 15.9 Å². The van der Waals surface area contributed by atoms with Crippen LogP contribution in [0, 0.1) is 5.82 Å². The van der Waals surface area contributed by atoms with E-state index in [2.05, 4.69) is 4.98 Å². The molecule has 0 radical (unpaired) electrons. The SMILES string of the molecule is O=S(=O)(Oc1ccc(Oc2ccccn2)cc1)c1ccc(F)c(Cl)c1. The second-order valence-electron chi connectivity index (χ2n) is 4.85. The van der Waals surface area contributed by atoms with Gasteiger partial charge in [0.25, 0.3) is 0 Å². The smallest absolute Gasteiger partial charge is 0.339 e. The van der Waals surface area contributed by atoms with Crippen molar-refractivity contribution in [2.45, 2.75) is 4.90 Å². The number of hydrogen-bond donors (Lipinski definition) is 0. The number of hydrogen-bond acceptors (Lipinski definition) is 5. The maximum atomic E-state index is 13.2. The van der Waals surface area contributed by atoms with Crippen LogP contribution in [0.2, 0.25) is 5.02 Å². The molecule has 3 aromatic rings. The molecule has 25 heavy (non-hydrogen) atoms. The minimum absolute atomic E-state index is 0.0776. The molecular formula is C17H11ClFNO4S. The standard InChI is InChI=1S/C17H11ClFNO4S/c18-15-11-14(8-9-16(15)19)25(21,22)24-13-6-4-12(5-7-13)23-17-3-1-2-10-20-17/h1-11H. The Labute approximate surface area is 148 Å². The van der Waals surface area contributed by atoms with Crippen molar-refractivity contribution in [2.75, 3.05) is 0 Å². The number of nitrogens with zero attached hydrogens (tertiary/aromatic N) is 1. The summed E-state index contributed by atoms with van der Waals surface area (Å²) in [7, 11) is -4.13. The predicted octanol–water partition coefficient (Wildman–Crippen LogP) is 4.43. The first-order chi connectivity index (χ1) is 11.9. The quantitative estimate of drug-likeness (QED) is 0.613. The lowest BCUT2D eigenvalue weighted by Gasteiger charge is -2.09. The third-order valence-electron chi connectivity index (χ3n) is 3.07. The number of rotatable bonds is 5. The summed E-state index contributed by atoms with van der Waals surface area (Å²) in [5, 5.41) is -0.302. The van der Waals surface area contributed by atoms with Gasteiger partial charge in [0.2, 0.25) is 5.88 Å². The highest BCUT2D eigenvalue weighted by Gasteiger charge is 2.18. The maximum absolute atomic E-state index is 13.2. The van der Waals surface area contributed by atoms with E-state index in [1.807, 2.05) is 0 Å². The third-order valence-corrected chi connectivity index (χ3v) is 4.60. The van der Waals surface area contributed by atoms with Crippen LogP contribution in [0.25, 0.3) is 0 Å². The molecular weight excluding hydrogens is 369 g/mol. The molecule has 0 spiro atoms. The van der Waals surface area contributed by atoms with Crippen molar-refractivity contribution >= 4 is 21.7 Å². The van der Waals surface area contributed by atoms with E-state index in [4.69, 9.17) is 20.5 Å². The average Bonchev–Trinajstić information content (AvgIpc) is 2.60. The summed E-state index contributed by atoms with van der Waals surface area (Å²) < 4.78 is 48.1. The highest BCUT2D eigenvalue weighted by molar-refractivity contribution is 7.87. The molecule has 0 aliphatic heterocycles. The van der Waals surface area contributed by atoms with Crippen molar-refractivity contribution in [2.24, 2.45) is 0 Å². The Morgan fingerprint density at radius 2 is 1.68 bits per heavy atom. The lowest BCUT2D eigenvalue weighted by atomic mass is 10.3. The summed E-state index contributed by atoms with van der Waals surface area (Å²) >= 11 is 5.60. The second kappa shape index (κ2) is 7.08. The largest absolute Gasteiger partial charge is 0.439 e. The van der Waals surface area contributed by atoms with E-state index in [9.17, 15) is 12.8 Å². The van der Waals surface area contributed by atoms with E-state index in [1.54, 1.807) is 24.4 Å². The lowest BCUT2D eigenvalue weighted by molar-refractivity contribution is 0.459. The van der Waals surface area contributed by atoms with Crippen LogP contribution < -0.4 is 8.92 Å². The molecule has 0 bridgehead atoms. The average molecular weight is 380 g/mol. The fourth-order valence-corrected chi connectivity index (χ4v) is 3.10. The van der Waals surface area contributed by atoms with Crippen molar-refractivity contribution in [3.8, 4) is 17.4 Å². The van der Waals surface area contributed by atoms with E-state index in [-0.39, 0.29) is 15.7 Å². The number of halogens is 2. The zero-order chi connectivity index (χ0) is 17.9. The molecule has 0 amide bonds. The van der Waals surface area contributed by atoms with Gasteiger partial charge in [0.05, 0.1) is 5.02 Å². The van der Waals surface area contributed by atoms with Gasteiger partial charge in [-0.3, -0.25) is 0 Å². The number of ether oxygens (including phenoxy) is 1. The molecule has 0 atom stereocenters. The first-order valence-electron chi connectivity index (χ1n) is 7.02. The number of aromatic nitrogens is 1. The molecule has 0 aliphatic carbocycles. The van der Waals surface area contributed by atoms with Crippen molar-refractivity contribution in [1.29, 1.82) is 0 Å². The third kappa shape index (κ3) is 4.26. The lowest BCUT2D eigenvalue weighted by Crippen LogP contribution is -2.09. The molecule has 5 nitrogen and oxygen atoms in total. The van der Waals surface area contributed by atoms with Gasteiger partial charge in [0.15, 0.2) is 0 Å². The summed E-state index contributed by atoms with van der Waals surface area (Å²) in [6, 6.07) is 14.2. The molecule has 2 aromatic carbocycles. The Hall–Kier alpha value is -2.64. The first-order valence-corrected chi connectivity index (χ1v) is 8.81. The van der Waals surface area contributed by atoms with Crippen LogP contribution in [-0.4, -0.2) is 13.4 Å². The minimum Gasteiger partial charge on any atom is -0.439 e. The second-order valence-corrected chi connectivity index (χ2v) is 6.81. The summed E-state index contributed by atoms with van der Waals surface area (Å²) in [5.74, 6) is 0.239. The van der Waals surface area contributed by atoms with Gasteiger partial charge in [-0.2, -0.15) is 8.42 Å². The molecule has 1 heterocycles. The zero-order valence-corrected chi connectivity index (χ0v) is 14.2. The zero-order valence-electron chi connectivity index (χ0n) is 12.6. The van der Waals surface area contributed by atoms with Crippen LogP contribution >= 0.6 is 11.6 Å². The van der Waals surface area contributed by atoms with Crippen molar-refractivity contribution in [3.05, 3.63) is 77.7 Å². The number of benzene rings is 2. The van der Waals surface area contributed by atoms with Gasteiger partial charge in [-0.05, 0) is 48.5 Å². The van der Waals surface area contributed by atoms with Crippen molar-refractivity contribution < 1.29 is 21.7 Å². The number of pyridine rings is 1. The molecule has 1 aromatic heterocycles. The topological polar surface area (TPSA) is 65.5 Å². The van der Waals surface area contributed by atoms with Crippen molar-refractivity contribution in [3.63, 3.8) is 0 Å². The van der Waals surface area contributed by atoms with Crippen LogP contribution in [0.3, 0.4) is 0 Å². The van der Waals surface area contributed by atoms with Gasteiger partial charge in [0, 0.05) is 12.3 Å². The van der Waals surface area contributed by atoms with Crippen LogP contribution in [0.1, 0.15) is 0 Å². The van der Waals surface area contributed by atoms with E-state index in [1.165, 1.54) is 24.3 Å². The van der Waals surface area contributed by atoms with Crippen LogP contribution in [-0.2, 0) is 10.1 Å². The Balaban J connectivity index is 1.75. The Morgan fingerprint density at radius 1 is 0.960 bits per heavy atom. The highest BCUT2D eigenvalue weighted by atomic mass is 35.5. The fourth-order valence-electron chi connectivity index (χ4n) is 1.90. The summed E-state index contributed by atoms with van der Waals surface area (Å²) in [6.45, 7) is 0. The molecule has 0 unspecified atom stereocenters. The van der Waals surface area contributed by atoms with Gasteiger partial charge in [0.1, 0.15) is 22.2 Å². The highest BCUT2D eigenvalue weighted by Crippen LogP contribution is 2.26. The van der Waals surface area contributed by atoms with Gasteiger partial charge < -0.3 is 8.92 Å². The summed E-state index contributed by atoms with van der Waals surface area (Å²) in [4.78, 5) is 3.78. The van der Waals surface area contributed by atoms with Gasteiger partial charge in [-0.1, -0.05) is 17.7 Å². The van der Waals surface area contributed by atoms with Gasteiger partial charge in [-0.15, -0.1) is 0 Å². The Kier molecular flexibility index (Phi) is 4.87. The predicted molar refractivity (Wildman–Crippen MR) is 90.0 cm³/mol. The van der Waals surface area contributed by atoms with Crippen molar-refractivity contribution in [1.82, 2.24) is 4.98 Å². The molecule has 0 fully saturated rings. The summed E-state index contributed by atoms with van der Waals surface area (Å²) in [6.07, 6.45) is 1.59. The monoisotopic (exact) mass is 379 g/mol. The molecule has 0 aliphatic rings. The molecule has 0 N–H and O–H groups in total. The normalized spacial score (nSPS) is 11.1. The van der Waals surface area contributed by atoms with E-state index >= 15 is 0 Å². The summed E-state index contributed by atoms with van der Waals surface area (Å²) in [5.41, 5.74) is 0. The van der Waals surface area contributed by atoms with Gasteiger partial charge in [-0.25, -0.2) is 9.37 Å². The van der Waals surface area contributed by atoms with E-state index in [0.29, 0.717) is 11.6 Å². The fraction of sp³-hybridized carbons (Fsp3) is 0. The van der Waals surface area contributed by atoms with Crippen LogP contribution in [0.15, 0.2) is 71.8 Å². The van der Waals surface area contributed by atoms with Gasteiger partial charge >= 0.3 is 10.1 Å². The van der Waals surface area contributed by atoms with Crippen LogP contribution in [0.4, 0.5) is 4.39 Å². The Morgan fingerprint density at radius 3 is 2.32 bits per heavy atom.